The molecule has 1 fully saturated rings. The monoisotopic (exact) mass is 353 g/mol. The maximum absolute atomic E-state index is 12.4. The normalized spacial score (nSPS) is 23.0. The number of β-lactam (4-membered cyclic amide) rings is 1. The van der Waals surface area contributed by atoms with E-state index in [1.54, 1.807) is 11.6 Å². The quantitative estimate of drug-likeness (QED) is 0.814. The Kier molecular flexibility index (Phi) is 3.69. The predicted octanol–water partition coefficient (Wildman–Crippen LogP) is 1.59. The number of para-hydroxylation sites is 1. The molecule has 26 heavy (non-hydrogen) atoms. The third kappa shape index (κ3) is 2.28. The average Bonchev–Trinajstić information content (AvgIpc) is 3.13. The Morgan fingerprint density at radius 1 is 1.31 bits per heavy atom. The number of nitrogens with zero attached hydrogens (tertiary/aromatic N) is 3. The first-order valence-corrected chi connectivity index (χ1v) is 8.50. The zero-order valence-electron chi connectivity index (χ0n) is 14.5. The maximum Gasteiger partial charge on any atom is 0.352 e. The summed E-state index contributed by atoms with van der Waals surface area (Å²) in [4.78, 5) is 25.6. The van der Waals surface area contributed by atoms with Crippen molar-refractivity contribution in [3.05, 3.63) is 53.5 Å². The molecule has 2 aromatic rings. The van der Waals surface area contributed by atoms with Crippen LogP contribution in [0, 0.1) is 12.8 Å². The van der Waals surface area contributed by atoms with Gasteiger partial charge in [-0.1, -0.05) is 18.2 Å². The van der Waals surface area contributed by atoms with Crippen LogP contribution in [-0.4, -0.2) is 48.9 Å². The molecule has 3 heterocycles. The zero-order chi connectivity index (χ0) is 18.6. The summed E-state index contributed by atoms with van der Waals surface area (Å²) in [5.41, 5.74) is 2.81. The van der Waals surface area contributed by atoms with E-state index < -0.39 is 18.0 Å². The van der Waals surface area contributed by atoms with Crippen molar-refractivity contribution in [2.45, 2.75) is 32.4 Å². The van der Waals surface area contributed by atoms with Crippen LogP contribution in [0.4, 0.5) is 0 Å². The van der Waals surface area contributed by atoms with Crippen molar-refractivity contribution in [1.82, 2.24) is 14.7 Å². The second-order valence-corrected chi connectivity index (χ2v) is 6.80. The minimum Gasteiger partial charge on any atom is -0.477 e. The van der Waals surface area contributed by atoms with Crippen LogP contribution >= 0.6 is 0 Å². The first kappa shape index (κ1) is 16.5. The van der Waals surface area contributed by atoms with Crippen molar-refractivity contribution in [2.24, 2.45) is 5.92 Å². The molecule has 0 bridgehead atoms. The van der Waals surface area contributed by atoms with E-state index in [0.29, 0.717) is 17.7 Å². The van der Waals surface area contributed by atoms with Gasteiger partial charge in [-0.05, 0) is 38.5 Å². The molecule has 7 heteroatoms. The largest absolute Gasteiger partial charge is 0.477 e. The second-order valence-electron chi connectivity index (χ2n) is 6.80. The first-order chi connectivity index (χ1) is 12.4. The summed E-state index contributed by atoms with van der Waals surface area (Å²) in [5.74, 6) is -2.03. The van der Waals surface area contributed by atoms with Gasteiger partial charge in [-0.15, -0.1) is 0 Å². The van der Waals surface area contributed by atoms with E-state index >= 15 is 0 Å². The van der Waals surface area contributed by atoms with Crippen LogP contribution in [0.15, 0.2) is 42.1 Å². The topological polar surface area (TPSA) is 95.7 Å². The van der Waals surface area contributed by atoms with Crippen LogP contribution in [0.3, 0.4) is 0 Å². The highest BCUT2D eigenvalue weighted by molar-refractivity contribution is 6.06. The highest BCUT2D eigenvalue weighted by atomic mass is 16.4. The number of aryl methyl sites for hydroxylation is 1. The Morgan fingerprint density at radius 2 is 2.00 bits per heavy atom. The van der Waals surface area contributed by atoms with Crippen molar-refractivity contribution in [1.29, 1.82) is 0 Å². The van der Waals surface area contributed by atoms with E-state index in [0.717, 1.165) is 11.4 Å². The van der Waals surface area contributed by atoms with Gasteiger partial charge in [0.15, 0.2) is 0 Å². The summed E-state index contributed by atoms with van der Waals surface area (Å²) in [6.07, 6.45) is -0.417. The molecule has 3 atom stereocenters. The Bertz CT molecular complexity index is 930. The SMILES string of the molecule is Cc1cc(C2=C(C(=O)O)N3C(=O)[C@H]([C@@H](C)O)[C@H]3C2)n(-c2ccccc2)n1. The molecule has 1 aromatic heterocycles. The van der Waals surface area contributed by atoms with Gasteiger partial charge in [0, 0.05) is 5.57 Å². The molecule has 0 radical (unpaired) electrons. The number of carbonyl (C=O) groups is 2. The van der Waals surface area contributed by atoms with E-state index in [1.807, 2.05) is 43.3 Å². The molecule has 0 aliphatic carbocycles. The van der Waals surface area contributed by atoms with E-state index in [4.69, 9.17) is 0 Å². The standard InChI is InChI=1S/C19H19N3O4/c1-10-8-14(22(20-10)12-6-4-3-5-7-12)13-9-15-16(11(2)23)18(24)21(15)17(13)19(25)26/h3-8,11,15-16,23H,9H2,1-2H3,(H,25,26)/t11-,15-,16-/m1/s1. The predicted molar refractivity (Wildman–Crippen MR) is 93.3 cm³/mol. The van der Waals surface area contributed by atoms with Gasteiger partial charge in [-0.2, -0.15) is 5.10 Å². The fourth-order valence-electron chi connectivity index (χ4n) is 3.98. The smallest absolute Gasteiger partial charge is 0.352 e. The molecule has 0 unspecified atom stereocenters. The van der Waals surface area contributed by atoms with Crippen molar-refractivity contribution in [3.63, 3.8) is 0 Å². The molecule has 0 spiro atoms. The fourth-order valence-corrected chi connectivity index (χ4v) is 3.98. The molecule has 134 valence electrons. The molecule has 4 rings (SSSR count). The minimum absolute atomic E-state index is 0.00557. The van der Waals surface area contributed by atoms with Crippen molar-refractivity contribution >= 4 is 17.4 Å². The highest BCUT2D eigenvalue weighted by Gasteiger charge is 2.57. The van der Waals surface area contributed by atoms with E-state index in [2.05, 4.69) is 5.10 Å². The molecule has 2 aliphatic heterocycles. The summed E-state index contributed by atoms with van der Waals surface area (Å²) < 4.78 is 1.71. The summed E-state index contributed by atoms with van der Waals surface area (Å²) in [5, 5.41) is 24.1. The van der Waals surface area contributed by atoms with Gasteiger partial charge < -0.3 is 15.1 Å². The lowest BCUT2D eigenvalue weighted by Gasteiger charge is -2.44. The van der Waals surface area contributed by atoms with Gasteiger partial charge in [0.05, 0.1) is 35.1 Å². The van der Waals surface area contributed by atoms with E-state index in [1.165, 1.54) is 4.90 Å². The lowest BCUT2D eigenvalue weighted by atomic mass is 9.83. The lowest BCUT2D eigenvalue weighted by Crippen LogP contribution is -2.61. The number of aliphatic hydroxyl groups is 1. The number of hydrogen-bond donors (Lipinski definition) is 2. The molecule has 1 amide bonds. The average molecular weight is 353 g/mol. The van der Waals surface area contributed by atoms with Gasteiger partial charge in [-0.25, -0.2) is 9.48 Å². The van der Waals surface area contributed by atoms with Crippen molar-refractivity contribution in [2.75, 3.05) is 0 Å². The number of aromatic nitrogens is 2. The van der Waals surface area contributed by atoms with Crippen LogP contribution in [-0.2, 0) is 9.59 Å². The Hall–Kier alpha value is -2.93. The van der Waals surface area contributed by atoms with Crippen LogP contribution in [0.2, 0.25) is 0 Å². The number of aliphatic carboxylic acids is 1. The number of benzene rings is 1. The summed E-state index contributed by atoms with van der Waals surface area (Å²) in [6, 6.07) is 11.0. The van der Waals surface area contributed by atoms with Crippen LogP contribution in [0.5, 0.6) is 0 Å². The van der Waals surface area contributed by atoms with Crippen LogP contribution in [0.25, 0.3) is 11.3 Å². The van der Waals surface area contributed by atoms with Gasteiger partial charge in [-0.3, -0.25) is 4.79 Å². The number of carboxylic acids is 1. The Morgan fingerprint density at radius 3 is 2.62 bits per heavy atom. The van der Waals surface area contributed by atoms with Crippen LogP contribution < -0.4 is 0 Å². The van der Waals surface area contributed by atoms with Gasteiger partial charge in [0.2, 0.25) is 5.91 Å². The molecule has 0 saturated carbocycles. The second kappa shape index (κ2) is 5.81. The summed E-state index contributed by atoms with van der Waals surface area (Å²) in [6.45, 7) is 3.41. The van der Waals surface area contributed by atoms with Gasteiger partial charge in [0.25, 0.3) is 0 Å². The van der Waals surface area contributed by atoms with Crippen LogP contribution in [0.1, 0.15) is 24.7 Å². The lowest BCUT2D eigenvalue weighted by molar-refractivity contribution is -0.161. The Balaban J connectivity index is 1.84. The number of amides is 1. The van der Waals surface area contributed by atoms with E-state index in [-0.39, 0.29) is 17.6 Å². The van der Waals surface area contributed by atoms with Gasteiger partial charge in [0.1, 0.15) is 5.70 Å². The number of fused-ring (bicyclic) bond motifs is 1. The highest BCUT2D eigenvalue weighted by Crippen LogP contribution is 2.47. The third-order valence-corrected chi connectivity index (χ3v) is 5.07. The number of carboxylic acid groups (broad SMARTS) is 1. The molecule has 2 N–H and O–H groups in total. The number of aliphatic hydroxyl groups excluding tert-OH is 1. The summed E-state index contributed by atoms with van der Waals surface area (Å²) >= 11 is 0. The molecule has 1 saturated heterocycles. The molecule has 7 nitrogen and oxygen atoms in total. The fraction of sp³-hybridized carbons (Fsp3) is 0.316. The summed E-state index contributed by atoms with van der Waals surface area (Å²) in [7, 11) is 0. The van der Waals surface area contributed by atoms with Gasteiger partial charge >= 0.3 is 5.97 Å². The number of carbonyl (C=O) groups excluding carboxylic acids is 1. The van der Waals surface area contributed by atoms with E-state index in [9.17, 15) is 19.8 Å². The molecule has 2 aliphatic rings. The number of rotatable bonds is 4. The van der Waals surface area contributed by atoms with Crippen molar-refractivity contribution in [3.8, 4) is 5.69 Å². The Labute approximate surface area is 150 Å². The zero-order valence-corrected chi connectivity index (χ0v) is 14.5. The molecule has 1 aromatic carbocycles. The minimum atomic E-state index is -1.14. The number of hydrogen-bond acceptors (Lipinski definition) is 4. The third-order valence-electron chi connectivity index (χ3n) is 5.07. The molecular formula is C19H19N3O4. The first-order valence-electron chi connectivity index (χ1n) is 8.50. The molecular weight excluding hydrogens is 334 g/mol. The van der Waals surface area contributed by atoms with Crippen molar-refractivity contribution < 1.29 is 19.8 Å². The maximum atomic E-state index is 12.4.